The van der Waals surface area contributed by atoms with E-state index in [1.807, 2.05) is 61.7 Å². The van der Waals surface area contributed by atoms with E-state index in [2.05, 4.69) is 21.0 Å². The first-order valence-corrected chi connectivity index (χ1v) is 8.94. The number of methoxy groups -OCH3 is 1. The largest absolute Gasteiger partial charge is 0.480 e. The molecule has 27 heavy (non-hydrogen) atoms. The van der Waals surface area contributed by atoms with E-state index in [1.54, 1.807) is 7.11 Å². The second kappa shape index (κ2) is 7.11. The van der Waals surface area contributed by atoms with Crippen molar-refractivity contribution in [1.82, 2.24) is 15.0 Å². The van der Waals surface area contributed by atoms with Crippen LogP contribution in [-0.2, 0) is 6.42 Å². The maximum absolute atomic E-state index is 12.7. The van der Waals surface area contributed by atoms with Crippen LogP contribution in [0.15, 0.2) is 65.6 Å². The normalized spacial score (nSPS) is 12.2. The molecule has 4 rings (SSSR count). The number of para-hydroxylation sites is 1. The summed E-state index contributed by atoms with van der Waals surface area (Å²) in [6.45, 7) is 1.98. The van der Waals surface area contributed by atoms with Gasteiger partial charge < -0.3 is 14.7 Å². The Morgan fingerprint density at radius 2 is 1.81 bits per heavy atom. The summed E-state index contributed by atoms with van der Waals surface area (Å²) in [6.07, 6.45) is 2.50. The lowest BCUT2D eigenvalue weighted by Gasteiger charge is -2.14. The highest BCUT2D eigenvalue weighted by Crippen LogP contribution is 2.25. The highest BCUT2D eigenvalue weighted by atomic mass is 16.5. The molecule has 2 aromatic carbocycles. The van der Waals surface area contributed by atoms with E-state index in [1.165, 1.54) is 0 Å². The molecular formula is C22H21N3O2. The molecule has 2 aromatic heterocycles. The van der Waals surface area contributed by atoms with Gasteiger partial charge in [0.2, 0.25) is 5.88 Å². The van der Waals surface area contributed by atoms with Gasteiger partial charge in [-0.2, -0.15) is 0 Å². The van der Waals surface area contributed by atoms with E-state index in [9.17, 15) is 4.79 Å². The van der Waals surface area contributed by atoms with Crippen molar-refractivity contribution in [1.29, 1.82) is 0 Å². The molecule has 2 heterocycles. The molecule has 136 valence electrons. The number of fused-ring (bicyclic) bond motifs is 1. The molecule has 0 aliphatic carbocycles. The van der Waals surface area contributed by atoms with E-state index in [-0.39, 0.29) is 11.5 Å². The van der Waals surface area contributed by atoms with Crippen LogP contribution in [0.4, 0.5) is 0 Å². The maximum Gasteiger partial charge on any atom is 0.270 e. The lowest BCUT2D eigenvalue weighted by atomic mass is 9.98. The maximum atomic E-state index is 12.7. The van der Waals surface area contributed by atoms with Gasteiger partial charge in [0.1, 0.15) is 5.69 Å². The first kappa shape index (κ1) is 17.1. The fourth-order valence-corrected chi connectivity index (χ4v) is 3.43. The highest BCUT2D eigenvalue weighted by Gasteiger charge is 2.18. The van der Waals surface area contributed by atoms with E-state index in [0.29, 0.717) is 23.7 Å². The van der Waals surface area contributed by atoms with Crippen molar-refractivity contribution in [3.8, 4) is 5.88 Å². The third-order valence-electron chi connectivity index (χ3n) is 4.92. The zero-order valence-electron chi connectivity index (χ0n) is 15.3. The Labute approximate surface area is 157 Å². The molecule has 5 heteroatoms. The van der Waals surface area contributed by atoms with Gasteiger partial charge in [-0.25, -0.2) is 4.98 Å². The van der Waals surface area contributed by atoms with Crippen LogP contribution in [0.3, 0.4) is 0 Å². The SMILES string of the molecule is COc1nc(C(C)c2ccccc2)c(=O)[nH]c1Cc1c[nH]c2ccccc12. The topological polar surface area (TPSA) is 70.8 Å². The summed E-state index contributed by atoms with van der Waals surface area (Å²) in [4.78, 5) is 23.5. The Morgan fingerprint density at radius 1 is 1.07 bits per heavy atom. The number of aromatic amines is 2. The lowest BCUT2D eigenvalue weighted by molar-refractivity contribution is 0.387. The standard InChI is InChI=1S/C22H21N3O2/c1-14(15-8-4-3-5-9-15)20-21(26)24-19(22(25-20)27-2)12-16-13-23-18-11-7-6-10-17(16)18/h3-11,13-14,23H,12H2,1-2H3,(H,24,26). The van der Waals surface area contributed by atoms with Crippen LogP contribution in [-0.4, -0.2) is 22.1 Å². The Hall–Kier alpha value is -3.34. The summed E-state index contributed by atoms with van der Waals surface area (Å²) in [7, 11) is 1.58. The first-order valence-electron chi connectivity index (χ1n) is 8.94. The minimum absolute atomic E-state index is 0.119. The number of aromatic nitrogens is 3. The Kier molecular flexibility index (Phi) is 4.50. The molecule has 0 saturated heterocycles. The summed E-state index contributed by atoms with van der Waals surface area (Å²) in [5.41, 5.74) is 4.15. The van der Waals surface area contributed by atoms with Gasteiger partial charge in [0, 0.05) is 29.4 Å². The van der Waals surface area contributed by atoms with Crippen molar-refractivity contribution >= 4 is 10.9 Å². The number of nitrogens with zero attached hydrogens (tertiary/aromatic N) is 1. The monoisotopic (exact) mass is 359 g/mol. The Morgan fingerprint density at radius 3 is 2.59 bits per heavy atom. The Balaban J connectivity index is 1.72. The van der Waals surface area contributed by atoms with Crippen molar-refractivity contribution < 1.29 is 4.74 Å². The van der Waals surface area contributed by atoms with Crippen LogP contribution in [0.2, 0.25) is 0 Å². The summed E-state index contributed by atoms with van der Waals surface area (Å²) >= 11 is 0. The molecule has 0 amide bonds. The number of nitrogens with one attached hydrogen (secondary N) is 2. The molecular weight excluding hydrogens is 338 g/mol. The molecule has 0 bridgehead atoms. The van der Waals surface area contributed by atoms with Crippen LogP contribution in [0.5, 0.6) is 5.88 Å². The van der Waals surface area contributed by atoms with Crippen molar-refractivity contribution in [2.24, 2.45) is 0 Å². The zero-order chi connectivity index (χ0) is 18.8. The van der Waals surface area contributed by atoms with E-state index >= 15 is 0 Å². The van der Waals surface area contributed by atoms with Crippen molar-refractivity contribution in [3.05, 3.63) is 93.7 Å². The molecule has 2 N–H and O–H groups in total. The number of hydrogen-bond acceptors (Lipinski definition) is 3. The van der Waals surface area contributed by atoms with Gasteiger partial charge in [0.25, 0.3) is 5.56 Å². The predicted octanol–water partition coefficient (Wildman–Crippen LogP) is 4.00. The Bertz CT molecular complexity index is 1130. The van der Waals surface area contributed by atoms with Crippen molar-refractivity contribution in [2.75, 3.05) is 7.11 Å². The number of H-pyrrole nitrogens is 2. The highest BCUT2D eigenvalue weighted by molar-refractivity contribution is 5.83. The second-order valence-electron chi connectivity index (χ2n) is 6.61. The average molecular weight is 359 g/mol. The molecule has 5 nitrogen and oxygen atoms in total. The molecule has 1 atom stereocenters. The van der Waals surface area contributed by atoms with Crippen molar-refractivity contribution in [3.63, 3.8) is 0 Å². The third-order valence-corrected chi connectivity index (χ3v) is 4.92. The minimum Gasteiger partial charge on any atom is -0.480 e. The number of ether oxygens (including phenoxy) is 1. The summed E-state index contributed by atoms with van der Waals surface area (Å²) in [6, 6.07) is 18.0. The molecule has 0 aliphatic rings. The number of rotatable bonds is 5. The van der Waals surface area contributed by atoms with Gasteiger partial charge in [-0.05, 0) is 17.2 Å². The van der Waals surface area contributed by atoms with E-state index in [4.69, 9.17) is 4.74 Å². The summed E-state index contributed by atoms with van der Waals surface area (Å²) < 4.78 is 5.50. The predicted molar refractivity (Wildman–Crippen MR) is 106 cm³/mol. The van der Waals surface area contributed by atoms with Gasteiger partial charge in [0.15, 0.2) is 0 Å². The number of benzene rings is 2. The van der Waals surface area contributed by atoms with Crippen LogP contribution in [0.1, 0.15) is 35.4 Å². The van der Waals surface area contributed by atoms with Gasteiger partial charge in [-0.3, -0.25) is 4.79 Å². The molecule has 4 aromatic rings. The van der Waals surface area contributed by atoms with Gasteiger partial charge in [0.05, 0.1) is 12.8 Å². The molecule has 0 radical (unpaired) electrons. The summed E-state index contributed by atoms with van der Waals surface area (Å²) in [5, 5.41) is 1.13. The first-order chi connectivity index (χ1) is 13.2. The van der Waals surface area contributed by atoms with Crippen LogP contribution >= 0.6 is 0 Å². The smallest absolute Gasteiger partial charge is 0.270 e. The third kappa shape index (κ3) is 3.24. The van der Waals surface area contributed by atoms with Crippen molar-refractivity contribution in [2.45, 2.75) is 19.3 Å². The number of hydrogen-bond donors (Lipinski definition) is 2. The molecule has 0 saturated carbocycles. The van der Waals surface area contributed by atoms with Gasteiger partial charge >= 0.3 is 0 Å². The molecule has 0 spiro atoms. The van der Waals surface area contributed by atoms with E-state index < -0.39 is 0 Å². The quantitative estimate of drug-likeness (QED) is 0.566. The summed E-state index contributed by atoms with van der Waals surface area (Å²) in [5.74, 6) is 0.337. The van der Waals surface area contributed by atoms with Crippen LogP contribution in [0.25, 0.3) is 10.9 Å². The van der Waals surface area contributed by atoms with E-state index in [0.717, 1.165) is 22.0 Å². The fourth-order valence-electron chi connectivity index (χ4n) is 3.43. The molecule has 0 aliphatic heterocycles. The van der Waals surface area contributed by atoms with Gasteiger partial charge in [-0.15, -0.1) is 0 Å². The fraction of sp³-hybridized carbons (Fsp3) is 0.182. The second-order valence-corrected chi connectivity index (χ2v) is 6.61. The molecule has 0 fully saturated rings. The zero-order valence-corrected chi connectivity index (χ0v) is 15.3. The average Bonchev–Trinajstić information content (AvgIpc) is 3.11. The van der Waals surface area contributed by atoms with Gasteiger partial charge in [-0.1, -0.05) is 55.5 Å². The minimum atomic E-state index is -0.179. The lowest BCUT2D eigenvalue weighted by Crippen LogP contribution is -2.21. The molecule has 1 unspecified atom stereocenters. The van der Waals surface area contributed by atoms with Crippen LogP contribution < -0.4 is 10.3 Å². The van der Waals surface area contributed by atoms with Crippen LogP contribution in [0, 0.1) is 0 Å².